The Bertz CT molecular complexity index is 1020. The molecule has 0 unspecified atom stereocenters. The van der Waals surface area contributed by atoms with Crippen LogP contribution in [0.3, 0.4) is 0 Å². The largest absolute Gasteiger partial charge is 0.507 e. The summed E-state index contributed by atoms with van der Waals surface area (Å²) in [6.07, 6.45) is 12.8. The fourth-order valence-electron chi connectivity index (χ4n) is 4.03. The first-order valence-electron chi connectivity index (χ1n) is 13.0. The number of hydrogen-bond donors (Lipinski definition) is 1. The molecule has 0 saturated heterocycles. The molecular formula is C31H38O3S. The second kappa shape index (κ2) is 15.3. The lowest BCUT2D eigenvalue weighted by atomic mass is 10.0. The molecule has 0 aliphatic carbocycles. The zero-order valence-corrected chi connectivity index (χ0v) is 21.7. The number of aromatic hydroxyl groups is 1. The van der Waals surface area contributed by atoms with Gasteiger partial charge in [0.25, 0.3) is 0 Å². The first-order valence-corrected chi connectivity index (χ1v) is 13.8. The predicted octanol–water partition coefficient (Wildman–Crippen LogP) is 9.07. The second-order valence-electron chi connectivity index (χ2n) is 8.98. The van der Waals surface area contributed by atoms with Crippen molar-refractivity contribution < 1.29 is 14.6 Å². The number of phenols is 1. The van der Waals surface area contributed by atoms with Crippen molar-refractivity contribution >= 4 is 17.5 Å². The second-order valence-corrected chi connectivity index (χ2v) is 10.1. The zero-order chi connectivity index (χ0) is 24.7. The van der Waals surface area contributed by atoms with Crippen LogP contribution in [0.1, 0.15) is 87.1 Å². The Kier molecular flexibility index (Phi) is 11.8. The standard InChI is InChI=1S/C31H38O3S/c1-2-3-4-5-6-7-8-9-10-14-23-34-26-19-22-29(30(32)24-26)31(33)25-17-20-28(21-18-25)35-27-15-12-11-13-16-27/h11-13,15-22,24,32H,2-10,14,23H2,1H3. The Morgan fingerprint density at radius 3 is 1.97 bits per heavy atom. The third kappa shape index (κ3) is 9.45. The summed E-state index contributed by atoms with van der Waals surface area (Å²) < 4.78 is 5.80. The number of unbranched alkanes of at least 4 members (excludes halogenated alkanes) is 9. The molecule has 3 nitrogen and oxygen atoms in total. The summed E-state index contributed by atoms with van der Waals surface area (Å²) in [7, 11) is 0. The normalized spacial score (nSPS) is 10.9. The van der Waals surface area contributed by atoms with Gasteiger partial charge in [0, 0.05) is 21.4 Å². The fraction of sp³-hybridized carbons (Fsp3) is 0.387. The first kappa shape index (κ1) is 26.9. The van der Waals surface area contributed by atoms with Crippen molar-refractivity contribution in [2.45, 2.75) is 80.9 Å². The third-order valence-corrected chi connectivity index (χ3v) is 7.09. The molecule has 0 aromatic heterocycles. The maximum atomic E-state index is 12.9. The molecule has 4 heteroatoms. The van der Waals surface area contributed by atoms with Gasteiger partial charge in [-0.05, 0) is 55.0 Å². The van der Waals surface area contributed by atoms with Gasteiger partial charge in [-0.25, -0.2) is 0 Å². The summed E-state index contributed by atoms with van der Waals surface area (Å²) in [5, 5.41) is 10.4. The summed E-state index contributed by atoms with van der Waals surface area (Å²) in [4.78, 5) is 15.1. The predicted molar refractivity (Wildman–Crippen MR) is 146 cm³/mol. The molecule has 1 N–H and O–H groups in total. The monoisotopic (exact) mass is 490 g/mol. The Hall–Kier alpha value is -2.72. The van der Waals surface area contributed by atoms with Crippen LogP contribution in [0.15, 0.2) is 82.6 Å². The molecule has 0 atom stereocenters. The van der Waals surface area contributed by atoms with Crippen molar-refractivity contribution in [1.82, 2.24) is 0 Å². The average Bonchev–Trinajstić information content (AvgIpc) is 2.88. The van der Waals surface area contributed by atoms with Gasteiger partial charge in [-0.2, -0.15) is 0 Å². The van der Waals surface area contributed by atoms with Gasteiger partial charge in [0.15, 0.2) is 5.78 Å². The number of carbonyl (C=O) groups excluding carboxylic acids is 1. The topological polar surface area (TPSA) is 46.5 Å². The Morgan fingerprint density at radius 1 is 0.743 bits per heavy atom. The van der Waals surface area contributed by atoms with E-state index in [1.54, 1.807) is 30.0 Å². The molecule has 0 saturated carbocycles. The van der Waals surface area contributed by atoms with Crippen LogP contribution in [0.2, 0.25) is 0 Å². The third-order valence-electron chi connectivity index (χ3n) is 6.08. The Morgan fingerprint density at radius 2 is 1.34 bits per heavy atom. The summed E-state index contributed by atoms with van der Waals surface area (Å²) >= 11 is 1.65. The summed E-state index contributed by atoms with van der Waals surface area (Å²) in [5.74, 6) is 0.364. The van der Waals surface area contributed by atoms with Gasteiger partial charge < -0.3 is 9.84 Å². The molecule has 0 bridgehead atoms. The lowest BCUT2D eigenvalue weighted by Crippen LogP contribution is -2.03. The maximum Gasteiger partial charge on any atom is 0.196 e. The number of hydrogen-bond acceptors (Lipinski definition) is 4. The minimum absolute atomic E-state index is 0.0432. The molecule has 3 rings (SSSR count). The number of rotatable bonds is 16. The molecule has 0 fully saturated rings. The molecule has 3 aromatic rings. The van der Waals surface area contributed by atoms with Crippen LogP contribution >= 0.6 is 11.8 Å². The van der Waals surface area contributed by atoms with Gasteiger partial charge in [0.05, 0.1) is 12.2 Å². The van der Waals surface area contributed by atoms with Crippen LogP contribution in [0, 0.1) is 0 Å². The zero-order valence-electron chi connectivity index (χ0n) is 20.9. The summed E-state index contributed by atoms with van der Waals surface area (Å²) in [6.45, 7) is 2.88. The highest BCUT2D eigenvalue weighted by Gasteiger charge is 2.14. The van der Waals surface area contributed by atoms with Gasteiger partial charge in [-0.1, -0.05) is 94.7 Å². The fourth-order valence-corrected chi connectivity index (χ4v) is 4.86. The molecular weight excluding hydrogens is 452 g/mol. The smallest absolute Gasteiger partial charge is 0.196 e. The summed E-state index contributed by atoms with van der Waals surface area (Å²) in [6, 6.07) is 22.6. The van der Waals surface area contributed by atoms with E-state index >= 15 is 0 Å². The van der Waals surface area contributed by atoms with E-state index in [0.717, 1.165) is 22.6 Å². The van der Waals surface area contributed by atoms with Gasteiger partial charge in [0.1, 0.15) is 11.5 Å². The minimum Gasteiger partial charge on any atom is -0.507 e. The molecule has 0 heterocycles. The molecule has 0 spiro atoms. The van der Waals surface area contributed by atoms with Gasteiger partial charge in [-0.15, -0.1) is 0 Å². The quantitative estimate of drug-likeness (QED) is 0.161. The molecule has 3 aromatic carbocycles. The van der Waals surface area contributed by atoms with Crippen LogP contribution in [-0.4, -0.2) is 17.5 Å². The van der Waals surface area contributed by atoms with Crippen molar-refractivity contribution in [1.29, 1.82) is 0 Å². The molecule has 0 aliphatic rings. The van der Waals surface area contributed by atoms with Crippen LogP contribution in [-0.2, 0) is 0 Å². The SMILES string of the molecule is CCCCCCCCCCCCOc1ccc(C(=O)c2ccc(Sc3ccccc3)cc2)c(O)c1. The van der Waals surface area contributed by atoms with Crippen LogP contribution in [0.5, 0.6) is 11.5 Å². The van der Waals surface area contributed by atoms with Crippen molar-refractivity contribution in [3.05, 3.63) is 83.9 Å². The average molecular weight is 491 g/mol. The van der Waals surface area contributed by atoms with Crippen LogP contribution < -0.4 is 4.74 Å². The first-order chi connectivity index (χ1) is 17.2. The van der Waals surface area contributed by atoms with E-state index in [4.69, 9.17) is 4.74 Å². The van der Waals surface area contributed by atoms with E-state index < -0.39 is 0 Å². The number of phenolic OH excluding ortho intramolecular Hbond substituents is 1. The van der Waals surface area contributed by atoms with E-state index in [9.17, 15) is 9.90 Å². The van der Waals surface area contributed by atoms with Gasteiger partial charge >= 0.3 is 0 Å². The summed E-state index contributed by atoms with van der Waals surface area (Å²) in [5.41, 5.74) is 0.844. The highest BCUT2D eigenvalue weighted by Crippen LogP contribution is 2.29. The number of carbonyl (C=O) groups is 1. The van der Waals surface area contributed by atoms with E-state index in [1.165, 1.54) is 51.4 Å². The lowest BCUT2D eigenvalue weighted by Gasteiger charge is -2.09. The van der Waals surface area contributed by atoms with Gasteiger partial charge in [-0.3, -0.25) is 4.79 Å². The van der Waals surface area contributed by atoms with Crippen LogP contribution in [0.25, 0.3) is 0 Å². The van der Waals surface area contributed by atoms with E-state index in [1.807, 2.05) is 42.5 Å². The van der Waals surface area contributed by atoms with E-state index in [-0.39, 0.29) is 11.5 Å². The van der Waals surface area contributed by atoms with Crippen molar-refractivity contribution in [2.75, 3.05) is 6.61 Å². The molecule has 186 valence electrons. The van der Waals surface area contributed by atoms with Crippen LogP contribution in [0.4, 0.5) is 0 Å². The van der Waals surface area contributed by atoms with Crippen molar-refractivity contribution in [3.63, 3.8) is 0 Å². The van der Waals surface area contributed by atoms with Crippen molar-refractivity contribution in [2.24, 2.45) is 0 Å². The highest BCUT2D eigenvalue weighted by molar-refractivity contribution is 7.99. The van der Waals surface area contributed by atoms with E-state index in [0.29, 0.717) is 23.5 Å². The minimum atomic E-state index is -0.194. The van der Waals surface area contributed by atoms with Crippen molar-refractivity contribution in [3.8, 4) is 11.5 Å². The Balaban J connectivity index is 1.39. The molecule has 35 heavy (non-hydrogen) atoms. The van der Waals surface area contributed by atoms with E-state index in [2.05, 4.69) is 19.1 Å². The number of ketones is 1. The molecule has 0 aliphatic heterocycles. The molecule has 0 radical (unpaired) electrons. The lowest BCUT2D eigenvalue weighted by molar-refractivity contribution is 0.103. The van der Waals surface area contributed by atoms with Gasteiger partial charge in [0.2, 0.25) is 0 Å². The maximum absolute atomic E-state index is 12.9. The number of benzene rings is 3. The molecule has 0 amide bonds. The highest BCUT2D eigenvalue weighted by atomic mass is 32.2. The number of ether oxygens (including phenoxy) is 1. The Labute approximate surface area is 214 Å².